The molecule has 0 saturated heterocycles. The molecule has 1 aliphatic rings. The summed E-state index contributed by atoms with van der Waals surface area (Å²) in [5, 5.41) is 2.88. The Balaban J connectivity index is 2.05. The first-order chi connectivity index (χ1) is 12.4. The highest BCUT2D eigenvalue weighted by atomic mass is 19.4. The number of rotatable bonds is 2. The van der Waals surface area contributed by atoms with Crippen molar-refractivity contribution in [2.45, 2.75) is 18.0 Å². The quantitative estimate of drug-likeness (QED) is 0.670. The summed E-state index contributed by atoms with van der Waals surface area (Å²) in [6.07, 6.45) is -2.28. The molecule has 0 radical (unpaired) electrons. The van der Waals surface area contributed by atoms with E-state index in [0.717, 1.165) is 12.1 Å². The second kappa shape index (κ2) is 5.79. The lowest BCUT2D eigenvalue weighted by Gasteiger charge is -2.41. The Hall–Kier alpha value is -2.96. The third kappa shape index (κ3) is 2.42. The van der Waals surface area contributed by atoms with Crippen LogP contribution in [-0.4, -0.2) is 16.1 Å². The van der Waals surface area contributed by atoms with Crippen LogP contribution in [0.1, 0.15) is 16.8 Å². The van der Waals surface area contributed by atoms with Crippen LogP contribution in [0.4, 0.5) is 29.1 Å². The summed E-state index contributed by atoms with van der Waals surface area (Å²) in [7, 11) is 0. The first-order valence-corrected chi connectivity index (χ1v) is 7.91. The van der Waals surface area contributed by atoms with Gasteiger partial charge in [0.2, 0.25) is 0 Å². The Morgan fingerprint density at radius 1 is 0.923 bits per heavy atom. The van der Waals surface area contributed by atoms with Gasteiger partial charge >= 0.3 is 6.18 Å². The lowest BCUT2D eigenvalue weighted by Crippen LogP contribution is -2.48. The number of hydrogen-bond acceptors (Lipinski definition) is 3. The van der Waals surface area contributed by atoms with Gasteiger partial charge in [-0.25, -0.2) is 9.37 Å². The highest BCUT2D eigenvalue weighted by Gasteiger charge is 2.60. The largest absolute Gasteiger partial charge is 0.402 e. The molecule has 0 saturated carbocycles. The van der Waals surface area contributed by atoms with Gasteiger partial charge < -0.3 is 5.32 Å². The zero-order chi connectivity index (χ0) is 18.4. The summed E-state index contributed by atoms with van der Waals surface area (Å²) in [6, 6.07) is 11.0. The van der Waals surface area contributed by atoms with E-state index in [2.05, 4.69) is 15.3 Å². The van der Waals surface area contributed by atoms with Gasteiger partial charge in [-0.05, 0) is 42.0 Å². The second-order valence-corrected chi connectivity index (χ2v) is 6.12. The smallest absolute Gasteiger partial charge is 0.340 e. The SMILES string of the molecule is Fc1ccc2c(c1)C(Cc1ccccn1)(C(F)(F)F)c1cccnc1N2. The second-order valence-electron chi connectivity index (χ2n) is 6.12. The van der Waals surface area contributed by atoms with Gasteiger partial charge in [0, 0.05) is 35.8 Å². The molecule has 26 heavy (non-hydrogen) atoms. The minimum absolute atomic E-state index is 0.0451. The number of nitrogens with zero attached hydrogens (tertiary/aromatic N) is 2. The molecule has 3 aromatic rings. The van der Waals surface area contributed by atoms with Crippen LogP contribution >= 0.6 is 0 Å². The van der Waals surface area contributed by atoms with Crippen molar-refractivity contribution >= 4 is 11.5 Å². The average Bonchev–Trinajstić information content (AvgIpc) is 2.62. The molecule has 2 aromatic heterocycles. The zero-order valence-corrected chi connectivity index (χ0v) is 13.4. The molecule has 0 fully saturated rings. The predicted molar refractivity (Wildman–Crippen MR) is 88.7 cm³/mol. The van der Waals surface area contributed by atoms with E-state index in [9.17, 15) is 17.6 Å². The Labute approximate surface area is 146 Å². The van der Waals surface area contributed by atoms with Crippen molar-refractivity contribution in [2.75, 3.05) is 5.32 Å². The maximum absolute atomic E-state index is 14.6. The van der Waals surface area contributed by atoms with Crippen molar-refractivity contribution in [3.63, 3.8) is 0 Å². The van der Waals surface area contributed by atoms with Crippen molar-refractivity contribution in [3.05, 3.63) is 83.6 Å². The van der Waals surface area contributed by atoms with E-state index in [1.54, 1.807) is 12.1 Å². The van der Waals surface area contributed by atoms with Crippen molar-refractivity contribution in [3.8, 4) is 0 Å². The summed E-state index contributed by atoms with van der Waals surface area (Å²) >= 11 is 0. The van der Waals surface area contributed by atoms with Crippen LogP contribution in [-0.2, 0) is 11.8 Å². The Kier molecular flexibility index (Phi) is 3.68. The molecule has 4 rings (SSSR count). The molecular weight excluding hydrogens is 346 g/mol. The van der Waals surface area contributed by atoms with E-state index in [1.165, 1.54) is 36.7 Å². The van der Waals surface area contributed by atoms with Crippen molar-refractivity contribution in [1.82, 2.24) is 9.97 Å². The molecule has 3 heterocycles. The van der Waals surface area contributed by atoms with Gasteiger partial charge in [0.15, 0.2) is 0 Å². The number of halogens is 4. The molecular formula is C19H13F4N3. The number of nitrogens with one attached hydrogen (secondary N) is 1. The minimum Gasteiger partial charge on any atom is -0.340 e. The molecule has 3 nitrogen and oxygen atoms in total. The molecule has 1 aromatic carbocycles. The van der Waals surface area contributed by atoms with Gasteiger partial charge in [0.1, 0.15) is 17.1 Å². The summed E-state index contributed by atoms with van der Waals surface area (Å²) < 4.78 is 57.6. The molecule has 1 atom stereocenters. The van der Waals surface area contributed by atoms with E-state index in [0.29, 0.717) is 0 Å². The molecule has 1 aliphatic heterocycles. The number of hydrogen-bond donors (Lipinski definition) is 1. The molecule has 1 N–H and O–H groups in total. The molecule has 0 bridgehead atoms. The van der Waals surface area contributed by atoms with E-state index < -0.39 is 23.8 Å². The van der Waals surface area contributed by atoms with Crippen molar-refractivity contribution in [2.24, 2.45) is 0 Å². The van der Waals surface area contributed by atoms with Crippen LogP contribution in [0, 0.1) is 5.82 Å². The number of anilines is 2. The van der Waals surface area contributed by atoms with Crippen LogP contribution in [0.5, 0.6) is 0 Å². The van der Waals surface area contributed by atoms with Crippen molar-refractivity contribution < 1.29 is 17.6 Å². The van der Waals surface area contributed by atoms with Gasteiger partial charge in [-0.15, -0.1) is 0 Å². The van der Waals surface area contributed by atoms with E-state index >= 15 is 0 Å². The van der Waals surface area contributed by atoms with Gasteiger partial charge in [-0.1, -0.05) is 12.1 Å². The maximum Gasteiger partial charge on any atom is 0.402 e. The number of alkyl halides is 3. The standard InChI is InChI=1S/C19H13F4N3/c20-12-6-7-16-15(10-12)18(19(21,22)23,11-13-4-1-2-8-24-13)14-5-3-9-25-17(14)26-16/h1-10H,11H2,(H,25,26). The fourth-order valence-corrected chi connectivity index (χ4v) is 3.47. The molecule has 132 valence electrons. The molecule has 1 unspecified atom stereocenters. The Morgan fingerprint density at radius 2 is 1.73 bits per heavy atom. The van der Waals surface area contributed by atoms with Gasteiger partial charge in [-0.3, -0.25) is 4.98 Å². The topological polar surface area (TPSA) is 37.8 Å². The van der Waals surface area contributed by atoms with Crippen LogP contribution in [0.3, 0.4) is 0 Å². The summed E-state index contributed by atoms with van der Waals surface area (Å²) in [5.74, 6) is -0.618. The Morgan fingerprint density at radius 3 is 2.46 bits per heavy atom. The number of fused-ring (bicyclic) bond motifs is 2. The highest BCUT2D eigenvalue weighted by molar-refractivity contribution is 5.74. The highest BCUT2D eigenvalue weighted by Crippen LogP contribution is 2.55. The first kappa shape index (κ1) is 16.5. The zero-order valence-electron chi connectivity index (χ0n) is 13.4. The molecule has 0 amide bonds. The van der Waals surface area contributed by atoms with Gasteiger partial charge in [0.05, 0.1) is 0 Å². The normalized spacial score (nSPS) is 18.6. The number of pyridine rings is 2. The first-order valence-electron chi connectivity index (χ1n) is 7.91. The predicted octanol–water partition coefficient (Wildman–Crippen LogP) is 4.76. The van der Waals surface area contributed by atoms with Gasteiger partial charge in [0.25, 0.3) is 0 Å². The third-order valence-electron chi connectivity index (χ3n) is 4.62. The average molecular weight is 359 g/mol. The molecule has 0 spiro atoms. The summed E-state index contributed by atoms with van der Waals surface area (Å²) in [5.41, 5.74) is -2.22. The monoisotopic (exact) mass is 359 g/mol. The lowest BCUT2D eigenvalue weighted by molar-refractivity contribution is -0.178. The van der Waals surface area contributed by atoms with Crippen LogP contribution in [0.2, 0.25) is 0 Å². The van der Waals surface area contributed by atoms with Crippen LogP contribution in [0.25, 0.3) is 0 Å². The van der Waals surface area contributed by atoms with Crippen LogP contribution in [0.15, 0.2) is 60.9 Å². The van der Waals surface area contributed by atoms with Crippen molar-refractivity contribution in [1.29, 1.82) is 0 Å². The number of benzene rings is 1. The lowest BCUT2D eigenvalue weighted by atomic mass is 9.68. The third-order valence-corrected chi connectivity index (χ3v) is 4.62. The van der Waals surface area contributed by atoms with E-state index in [4.69, 9.17) is 0 Å². The van der Waals surface area contributed by atoms with Gasteiger partial charge in [-0.2, -0.15) is 13.2 Å². The fraction of sp³-hybridized carbons (Fsp3) is 0.158. The Bertz CT molecular complexity index is 956. The van der Waals surface area contributed by atoms with Crippen LogP contribution < -0.4 is 5.32 Å². The fourth-order valence-electron chi connectivity index (χ4n) is 3.47. The maximum atomic E-state index is 14.6. The van der Waals surface area contributed by atoms with E-state index in [-0.39, 0.29) is 28.3 Å². The minimum atomic E-state index is -4.69. The summed E-state index contributed by atoms with van der Waals surface area (Å²) in [6.45, 7) is 0. The number of aromatic nitrogens is 2. The van der Waals surface area contributed by atoms with E-state index in [1.807, 2.05) is 0 Å². The summed E-state index contributed by atoms with van der Waals surface area (Å²) in [4.78, 5) is 8.13. The molecule has 7 heteroatoms. The molecule has 0 aliphatic carbocycles.